The fourth-order valence-corrected chi connectivity index (χ4v) is 4.06. The molecule has 1 aromatic carbocycles. The van der Waals surface area contributed by atoms with Crippen LogP contribution in [0.3, 0.4) is 0 Å². The lowest BCUT2D eigenvalue weighted by molar-refractivity contribution is 0.0487. The highest BCUT2D eigenvalue weighted by Gasteiger charge is 2.30. The Hall–Kier alpha value is -1.10. The summed E-state index contributed by atoms with van der Waals surface area (Å²) in [6.45, 7) is 7.65. The van der Waals surface area contributed by atoms with Crippen molar-refractivity contribution in [2.45, 2.75) is 38.6 Å². The van der Waals surface area contributed by atoms with E-state index in [9.17, 15) is 0 Å². The maximum Gasteiger partial charge on any atom is 0.191 e. The SMILES string of the molecule is CCCCOCCOCCNC(=NC)NCC1CCCN(C)C1c1ccc(OC)cc1.I. The molecule has 1 saturated heterocycles. The molecule has 0 amide bonds. The fourth-order valence-electron chi connectivity index (χ4n) is 4.06. The molecular formula is C24H43IN4O3. The van der Waals surface area contributed by atoms with E-state index in [2.05, 4.69) is 58.8 Å². The number of methoxy groups -OCH3 is 1. The number of guanidine groups is 1. The van der Waals surface area contributed by atoms with Crippen molar-refractivity contribution in [3.63, 3.8) is 0 Å². The Bertz CT molecular complexity index is 630. The number of rotatable bonds is 13. The first-order valence-electron chi connectivity index (χ1n) is 11.6. The van der Waals surface area contributed by atoms with Gasteiger partial charge in [-0.3, -0.25) is 9.89 Å². The molecule has 1 aliphatic heterocycles. The van der Waals surface area contributed by atoms with Crippen molar-refractivity contribution in [3.8, 4) is 5.75 Å². The highest BCUT2D eigenvalue weighted by molar-refractivity contribution is 14.0. The lowest BCUT2D eigenvalue weighted by Gasteiger charge is -2.40. The second-order valence-corrected chi connectivity index (χ2v) is 8.06. The molecule has 0 aliphatic carbocycles. The lowest BCUT2D eigenvalue weighted by atomic mass is 9.85. The summed E-state index contributed by atoms with van der Waals surface area (Å²) in [5.74, 6) is 2.24. The normalized spacial score (nSPS) is 19.3. The molecule has 2 rings (SSSR count). The van der Waals surface area contributed by atoms with Crippen molar-refractivity contribution in [1.29, 1.82) is 0 Å². The Balaban J connectivity index is 0.00000512. The molecule has 2 N–H and O–H groups in total. The Morgan fingerprint density at radius 1 is 1.09 bits per heavy atom. The summed E-state index contributed by atoms with van der Waals surface area (Å²) < 4.78 is 16.4. The standard InChI is InChI=1S/C24H42N4O3.HI/c1-5-6-15-30-17-18-31-16-13-26-24(25-2)27-19-21-8-7-14-28(3)23(21)20-9-11-22(29-4)12-10-20;/h9-12,21,23H,5-8,13-19H2,1-4H3,(H2,25,26,27);1H. The third-order valence-corrected chi connectivity index (χ3v) is 5.77. The fraction of sp³-hybridized carbons (Fsp3) is 0.708. The molecule has 0 saturated carbocycles. The molecule has 184 valence electrons. The molecule has 1 heterocycles. The van der Waals surface area contributed by atoms with E-state index in [1.54, 1.807) is 7.11 Å². The average Bonchev–Trinajstić information content (AvgIpc) is 2.80. The van der Waals surface area contributed by atoms with Crippen LogP contribution in [0.15, 0.2) is 29.3 Å². The number of unbranched alkanes of at least 4 members (excludes halogenated alkanes) is 1. The summed E-state index contributed by atoms with van der Waals surface area (Å²) in [4.78, 5) is 6.83. The minimum Gasteiger partial charge on any atom is -0.497 e. The monoisotopic (exact) mass is 562 g/mol. The largest absolute Gasteiger partial charge is 0.497 e. The number of benzene rings is 1. The van der Waals surface area contributed by atoms with Gasteiger partial charge < -0.3 is 24.8 Å². The van der Waals surface area contributed by atoms with Gasteiger partial charge in [-0.15, -0.1) is 24.0 Å². The molecule has 0 bridgehead atoms. The molecule has 8 heteroatoms. The average molecular weight is 563 g/mol. The third-order valence-electron chi connectivity index (χ3n) is 5.77. The first-order valence-corrected chi connectivity index (χ1v) is 11.6. The number of likely N-dealkylation sites (tertiary alicyclic amines) is 1. The molecule has 7 nitrogen and oxygen atoms in total. The quantitative estimate of drug-likeness (QED) is 0.166. The third kappa shape index (κ3) is 10.2. The number of halogens is 1. The maximum absolute atomic E-state index is 5.62. The molecule has 1 fully saturated rings. The van der Waals surface area contributed by atoms with Crippen molar-refractivity contribution >= 4 is 29.9 Å². The zero-order chi connectivity index (χ0) is 22.3. The topological polar surface area (TPSA) is 67.4 Å². The van der Waals surface area contributed by atoms with E-state index in [1.807, 2.05) is 7.05 Å². The van der Waals surface area contributed by atoms with E-state index in [0.29, 0.717) is 31.8 Å². The summed E-state index contributed by atoms with van der Waals surface area (Å²) >= 11 is 0. The number of nitrogens with zero attached hydrogens (tertiary/aromatic N) is 2. The summed E-state index contributed by atoms with van der Waals surface area (Å²) in [7, 11) is 5.74. The second kappa shape index (κ2) is 17.4. The van der Waals surface area contributed by atoms with Gasteiger partial charge >= 0.3 is 0 Å². The van der Waals surface area contributed by atoms with E-state index < -0.39 is 0 Å². The van der Waals surface area contributed by atoms with Gasteiger partial charge in [-0.1, -0.05) is 25.5 Å². The van der Waals surface area contributed by atoms with Gasteiger partial charge in [0.25, 0.3) is 0 Å². The van der Waals surface area contributed by atoms with Crippen molar-refractivity contribution in [2.75, 3.05) is 67.3 Å². The van der Waals surface area contributed by atoms with Crippen LogP contribution in [0.25, 0.3) is 0 Å². The van der Waals surface area contributed by atoms with Crippen LogP contribution in [0, 0.1) is 5.92 Å². The van der Waals surface area contributed by atoms with Crippen LogP contribution in [-0.2, 0) is 9.47 Å². The number of aliphatic imine (C=N–C) groups is 1. The first-order chi connectivity index (χ1) is 15.2. The van der Waals surface area contributed by atoms with Crippen LogP contribution in [0.5, 0.6) is 5.75 Å². The van der Waals surface area contributed by atoms with E-state index >= 15 is 0 Å². The van der Waals surface area contributed by atoms with E-state index in [1.165, 1.54) is 18.4 Å². The van der Waals surface area contributed by atoms with Crippen LogP contribution >= 0.6 is 24.0 Å². The van der Waals surface area contributed by atoms with Crippen molar-refractivity contribution in [3.05, 3.63) is 29.8 Å². The minimum absolute atomic E-state index is 0. The van der Waals surface area contributed by atoms with Gasteiger partial charge in [-0.2, -0.15) is 0 Å². The first kappa shape index (κ1) is 28.9. The molecule has 2 unspecified atom stereocenters. The predicted octanol–water partition coefficient (Wildman–Crippen LogP) is 3.69. The zero-order valence-electron chi connectivity index (χ0n) is 20.3. The lowest BCUT2D eigenvalue weighted by Crippen LogP contribution is -2.45. The molecule has 1 aromatic rings. The summed E-state index contributed by atoms with van der Waals surface area (Å²) in [6, 6.07) is 8.87. The Morgan fingerprint density at radius 2 is 1.81 bits per heavy atom. The Kier molecular flexibility index (Phi) is 15.7. The Morgan fingerprint density at radius 3 is 2.47 bits per heavy atom. The molecule has 0 spiro atoms. The van der Waals surface area contributed by atoms with Gasteiger partial charge in [0.1, 0.15) is 5.75 Å². The van der Waals surface area contributed by atoms with Crippen LogP contribution in [0.4, 0.5) is 0 Å². The highest BCUT2D eigenvalue weighted by Crippen LogP contribution is 2.35. The summed E-state index contributed by atoms with van der Waals surface area (Å²) in [5, 5.41) is 6.86. The second-order valence-electron chi connectivity index (χ2n) is 8.06. The van der Waals surface area contributed by atoms with Crippen molar-refractivity contribution < 1.29 is 14.2 Å². The van der Waals surface area contributed by atoms with Gasteiger partial charge in [0, 0.05) is 32.8 Å². The van der Waals surface area contributed by atoms with E-state index in [-0.39, 0.29) is 24.0 Å². The number of ether oxygens (including phenoxy) is 3. The number of nitrogens with one attached hydrogen (secondary N) is 2. The molecule has 32 heavy (non-hydrogen) atoms. The van der Waals surface area contributed by atoms with Gasteiger partial charge in [0.05, 0.1) is 26.9 Å². The van der Waals surface area contributed by atoms with E-state index in [0.717, 1.165) is 50.8 Å². The molecule has 2 atom stereocenters. The number of piperidine rings is 1. The van der Waals surface area contributed by atoms with Gasteiger partial charge in [0.2, 0.25) is 0 Å². The van der Waals surface area contributed by atoms with Crippen LogP contribution in [0.1, 0.15) is 44.2 Å². The maximum atomic E-state index is 5.62. The zero-order valence-corrected chi connectivity index (χ0v) is 22.6. The van der Waals surface area contributed by atoms with Crippen molar-refractivity contribution in [2.24, 2.45) is 10.9 Å². The van der Waals surface area contributed by atoms with E-state index in [4.69, 9.17) is 14.2 Å². The summed E-state index contributed by atoms with van der Waals surface area (Å²) in [5.41, 5.74) is 1.34. The summed E-state index contributed by atoms with van der Waals surface area (Å²) in [6.07, 6.45) is 4.69. The Labute approximate surface area is 211 Å². The van der Waals surface area contributed by atoms with Gasteiger partial charge in [0.15, 0.2) is 5.96 Å². The molecule has 0 aromatic heterocycles. The minimum atomic E-state index is 0. The predicted molar refractivity (Wildman–Crippen MR) is 142 cm³/mol. The van der Waals surface area contributed by atoms with Crippen molar-refractivity contribution in [1.82, 2.24) is 15.5 Å². The number of hydrogen-bond acceptors (Lipinski definition) is 5. The van der Waals surface area contributed by atoms with Crippen LogP contribution < -0.4 is 15.4 Å². The van der Waals surface area contributed by atoms with Crippen LogP contribution in [0.2, 0.25) is 0 Å². The molecular weight excluding hydrogens is 519 g/mol. The highest BCUT2D eigenvalue weighted by atomic mass is 127. The molecule has 1 aliphatic rings. The van der Waals surface area contributed by atoms with Gasteiger partial charge in [-0.05, 0) is 56.5 Å². The number of hydrogen-bond donors (Lipinski definition) is 2. The van der Waals surface area contributed by atoms with Gasteiger partial charge in [-0.25, -0.2) is 0 Å². The molecule has 0 radical (unpaired) electrons. The smallest absolute Gasteiger partial charge is 0.191 e. The van der Waals surface area contributed by atoms with Crippen LogP contribution in [-0.4, -0.2) is 78.1 Å².